The van der Waals surface area contributed by atoms with Gasteiger partial charge in [0.05, 0.1) is 40.4 Å². The standard InChI is InChI=1S/C31H34FN3O6/c1-33-29(19-6-11-24(38-2)25(16-19)39-3)28(22-17-26(40-4)27(41-5)18-23(22)30(33)36)31(37)35-14-12-34(13-15-35)21-9-7-20(32)8-10-21/h6-11,16-18,28-29H,12-15H2,1-5H3/t28-,29-/m1/s1. The first-order valence-electron chi connectivity index (χ1n) is 13.4. The third-order valence-electron chi connectivity index (χ3n) is 7.97. The number of benzene rings is 3. The molecule has 1 saturated heterocycles. The number of nitrogens with zero attached hydrogens (tertiary/aromatic N) is 3. The number of carbonyl (C=O) groups is 2. The van der Waals surface area contributed by atoms with Gasteiger partial charge in [0.25, 0.3) is 5.91 Å². The van der Waals surface area contributed by atoms with Crippen LogP contribution in [-0.2, 0) is 4.79 Å². The fraction of sp³-hybridized carbons (Fsp3) is 0.355. The molecule has 0 unspecified atom stereocenters. The number of halogens is 1. The Hall–Kier alpha value is -4.47. The predicted octanol–water partition coefficient (Wildman–Crippen LogP) is 4.12. The van der Waals surface area contributed by atoms with Gasteiger partial charge >= 0.3 is 0 Å². The summed E-state index contributed by atoms with van der Waals surface area (Å²) in [6.07, 6.45) is 0. The Kier molecular flexibility index (Phi) is 7.92. The lowest BCUT2D eigenvalue weighted by atomic mass is 9.78. The normalized spacial score (nSPS) is 18.6. The Labute approximate surface area is 239 Å². The van der Waals surface area contributed by atoms with Gasteiger partial charge in [-0.1, -0.05) is 6.07 Å². The van der Waals surface area contributed by atoms with E-state index in [1.165, 1.54) is 26.4 Å². The Bertz CT molecular complexity index is 1440. The van der Waals surface area contributed by atoms with E-state index in [1.807, 2.05) is 17.0 Å². The maximum atomic E-state index is 14.5. The molecule has 5 rings (SSSR count). The van der Waals surface area contributed by atoms with Gasteiger partial charge in [-0.3, -0.25) is 9.59 Å². The van der Waals surface area contributed by atoms with E-state index in [4.69, 9.17) is 18.9 Å². The molecule has 41 heavy (non-hydrogen) atoms. The summed E-state index contributed by atoms with van der Waals surface area (Å²) in [5.74, 6) is 0.566. The van der Waals surface area contributed by atoms with Crippen molar-refractivity contribution in [3.8, 4) is 23.0 Å². The van der Waals surface area contributed by atoms with Crippen molar-refractivity contribution in [2.75, 3.05) is 66.6 Å². The van der Waals surface area contributed by atoms with E-state index in [9.17, 15) is 14.0 Å². The molecule has 10 heteroatoms. The van der Waals surface area contributed by atoms with Crippen LogP contribution in [0.1, 0.15) is 33.4 Å². The van der Waals surface area contributed by atoms with Gasteiger partial charge in [-0.05, 0) is 59.7 Å². The molecule has 2 aliphatic heterocycles. The van der Waals surface area contributed by atoms with E-state index in [0.29, 0.717) is 60.3 Å². The van der Waals surface area contributed by atoms with Crippen molar-refractivity contribution >= 4 is 17.5 Å². The second-order valence-electron chi connectivity index (χ2n) is 10.0. The summed E-state index contributed by atoms with van der Waals surface area (Å²) in [5, 5.41) is 0. The number of rotatable bonds is 7. The van der Waals surface area contributed by atoms with E-state index in [0.717, 1.165) is 11.3 Å². The number of carbonyl (C=O) groups excluding carboxylic acids is 2. The molecule has 0 bridgehead atoms. The van der Waals surface area contributed by atoms with Crippen molar-refractivity contribution in [2.45, 2.75) is 12.0 Å². The second-order valence-corrected chi connectivity index (χ2v) is 10.0. The summed E-state index contributed by atoms with van der Waals surface area (Å²) >= 11 is 0. The number of fused-ring (bicyclic) bond motifs is 1. The summed E-state index contributed by atoms with van der Waals surface area (Å²) in [4.78, 5) is 33.8. The van der Waals surface area contributed by atoms with Crippen LogP contribution in [0.3, 0.4) is 0 Å². The fourth-order valence-electron chi connectivity index (χ4n) is 5.80. The fourth-order valence-corrected chi connectivity index (χ4v) is 5.80. The summed E-state index contributed by atoms with van der Waals surface area (Å²) in [5.41, 5.74) is 2.62. The molecular formula is C31H34FN3O6. The first kappa shape index (κ1) is 28.1. The maximum absolute atomic E-state index is 14.5. The highest BCUT2D eigenvalue weighted by Crippen LogP contribution is 2.47. The molecule has 2 heterocycles. The number of methoxy groups -OCH3 is 4. The molecule has 0 saturated carbocycles. The van der Waals surface area contributed by atoms with Gasteiger partial charge in [0.1, 0.15) is 5.82 Å². The highest BCUT2D eigenvalue weighted by Gasteiger charge is 2.45. The van der Waals surface area contributed by atoms with E-state index in [2.05, 4.69) is 4.90 Å². The van der Waals surface area contributed by atoms with Crippen molar-refractivity contribution in [3.05, 3.63) is 77.1 Å². The van der Waals surface area contributed by atoms with Gasteiger partial charge in [0.15, 0.2) is 23.0 Å². The highest BCUT2D eigenvalue weighted by molar-refractivity contribution is 6.02. The molecule has 2 aliphatic rings. The zero-order valence-corrected chi connectivity index (χ0v) is 23.8. The van der Waals surface area contributed by atoms with Gasteiger partial charge in [-0.25, -0.2) is 4.39 Å². The SMILES string of the molecule is COc1ccc([C@@H]2[C@H](C(=O)N3CCN(c4ccc(F)cc4)CC3)c3cc(OC)c(OC)cc3C(=O)N2C)cc1OC. The molecule has 0 N–H and O–H groups in total. The monoisotopic (exact) mass is 563 g/mol. The lowest BCUT2D eigenvalue weighted by Crippen LogP contribution is -2.53. The summed E-state index contributed by atoms with van der Waals surface area (Å²) in [7, 11) is 7.85. The van der Waals surface area contributed by atoms with Gasteiger partial charge in [0.2, 0.25) is 5.91 Å². The average Bonchev–Trinajstić information content (AvgIpc) is 3.01. The zero-order valence-electron chi connectivity index (χ0n) is 23.8. The number of piperazine rings is 1. The van der Waals surface area contributed by atoms with Crippen molar-refractivity contribution in [1.82, 2.24) is 9.80 Å². The van der Waals surface area contributed by atoms with Crippen LogP contribution in [-0.4, -0.2) is 83.3 Å². The van der Waals surface area contributed by atoms with Crippen LogP contribution in [0.4, 0.5) is 10.1 Å². The van der Waals surface area contributed by atoms with Crippen LogP contribution in [0, 0.1) is 5.82 Å². The minimum absolute atomic E-state index is 0.101. The summed E-state index contributed by atoms with van der Waals surface area (Å²) in [6.45, 7) is 2.15. The van der Waals surface area contributed by atoms with E-state index in [1.54, 1.807) is 56.5 Å². The van der Waals surface area contributed by atoms with Crippen LogP contribution in [0.15, 0.2) is 54.6 Å². The number of anilines is 1. The maximum Gasteiger partial charge on any atom is 0.254 e. The molecule has 1 fully saturated rings. The lowest BCUT2D eigenvalue weighted by molar-refractivity contribution is -0.134. The van der Waals surface area contributed by atoms with Crippen molar-refractivity contribution < 1.29 is 32.9 Å². The number of hydrogen-bond acceptors (Lipinski definition) is 7. The number of likely N-dealkylation sites (N-methyl/N-ethyl adjacent to an activating group) is 1. The van der Waals surface area contributed by atoms with Crippen LogP contribution in [0.25, 0.3) is 0 Å². The first-order chi connectivity index (χ1) is 19.8. The van der Waals surface area contributed by atoms with E-state index >= 15 is 0 Å². The molecule has 2 amide bonds. The Balaban J connectivity index is 1.55. The van der Waals surface area contributed by atoms with Crippen molar-refractivity contribution in [2.24, 2.45) is 0 Å². The van der Waals surface area contributed by atoms with Gasteiger partial charge < -0.3 is 33.6 Å². The molecule has 0 spiro atoms. The van der Waals surface area contributed by atoms with Gasteiger partial charge in [0, 0.05) is 44.5 Å². The van der Waals surface area contributed by atoms with Crippen LogP contribution < -0.4 is 23.8 Å². The molecular weight excluding hydrogens is 529 g/mol. The largest absolute Gasteiger partial charge is 0.493 e. The van der Waals surface area contributed by atoms with Crippen molar-refractivity contribution in [3.63, 3.8) is 0 Å². The summed E-state index contributed by atoms with van der Waals surface area (Å²) < 4.78 is 35.5. The highest BCUT2D eigenvalue weighted by atomic mass is 19.1. The summed E-state index contributed by atoms with van der Waals surface area (Å²) in [6, 6.07) is 14.6. The molecule has 3 aromatic rings. The second kappa shape index (κ2) is 11.6. The number of amides is 2. The van der Waals surface area contributed by atoms with Crippen molar-refractivity contribution in [1.29, 1.82) is 0 Å². The Morgan fingerprint density at radius 2 is 1.37 bits per heavy atom. The minimum atomic E-state index is -0.719. The molecule has 3 aromatic carbocycles. The van der Waals surface area contributed by atoms with Crippen LogP contribution in [0.5, 0.6) is 23.0 Å². The predicted molar refractivity (Wildman–Crippen MR) is 152 cm³/mol. The van der Waals surface area contributed by atoms with E-state index in [-0.39, 0.29) is 17.6 Å². The molecule has 0 aliphatic carbocycles. The third-order valence-corrected chi connectivity index (χ3v) is 7.97. The topological polar surface area (TPSA) is 80.8 Å². The van der Waals surface area contributed by atoms with Crippen LogP contribution in [0.2, 0.25) is 0 Å². The average molecular weight is 564 g/mol. The first-order valence-corrected chi connectivity index (χ1v) is 13.4. The molecule has 0 aromatic heterocycles. The number of ether oxygens (including phenoxy) is 4. The molecule has 216 valence electrons. The molecule has 2 atom stereocenters. The van der Waals surface area contributed by atoms with Crippen LogP contribution >= 0.6 is 0 Å². The minimum Gasteiger partial charge on any atom is -0.493 e. The lowest BCUT2D eigenvalue weighted by Gasteiger charge is -2.43. The van der Waals surface area contributed by atoms with Gasteiger partial charge in [-0.2, -0.15) is 0 Å². The zero-order chi connectivity index (χ0) is 29.3. The van der Waals surface area contributed by atoms with Gasteiger partial charge in [-0.15, -0.1) is 0 Å². The third kappa shape index (κ3) is 5.10. The molecule has 9 nitrogen and oxygen atoms in total. The van der Waals surface area contributed by atoms with E-state index < -0.39 is 12.0 Å². The number of hydrogen-bond donors (Lipinski definition) is 0. The smallest absolute Gasteiger partial charge is 0.254 e. The quantitative estimate of drug-likeness (QED) is 0.428. The molecule has 0 radical (unpaired) electrons. The Morgan fingerprint density at radius 1 is 0.780 bits per heavy atom. The Morgan fingerprint density at radius 3 is 1.98 bits per heavy atom.